The molecule has 4 aliphatic carbocycles. The van der Waals surface area contributed by atoms with E-state index >= 15 is 0 Å². The second-order valence-corrected chi connectivity index (χ2v) is 31.8. The predicted molar refractivity (Wildman–Crippen MR) is 378 cm³/mol. The number of imide groups is 1. The number of amides is 7. The Kier molecular flexibility index (Phi) is 22.4. The van der Waals surface area contributed by atoms with Crippen LogP contribution in [0.3, 0.4) is 0 Å². The number of hydrogen-bond donors (Lipinski definition) is 8. The molecular weight excluding hydrogens is 1330 g/mol. The first-order valence-electron chi connectivity index (χ1n) is 34.6. The van der Waals surface area contributed by atoms with Gasteiger partial charge in [-0.2, -0.15) is 5.10 Å². The van der Waals surface area contributed by atoms with E-state index in [-0.39, 0.29) is 110 Å². The van der Waals surface area contributed by atoms with Gasteiger partial charge in [-0.15, -0.1) is 0 Å². The van der Waals surface area contributed by atoms with Crippen molar-refractivity contribution in [1.82, 2.24) is 45.2 Å². The van der Waals surface area contributed by atoms with Crippen LogP contribution >= 0.6 is 18.9 Å². The van der Waals surface area contributed by atoms with Crippen molar-refractivity contribution in [3.05, 3.63) is 125 Å². The monoisotopic (exact) mass is 1420 g/mol. The summed E-state index contributed by atoms with van der Waals surface area (Å²) < 4.78 is 26.9. The number of ether oxygens (including phenoxy) is 2. The average Bonchev–Trinajstić information content (AvgIpc) is 0.761. The molecule has 4 aromatic heterocycles. The normalized spacial score (nSPS) is 21.2. The molecule has 12 rings (SSSR count). The number of thiazole rings is 1. The Balaban J connectivity index is 0.695. The Bertz CT molecular complexity index is 4140. The summed E-state index contributed by atoms with van der Waals surface area (Å²) in [7, 11) is -4.40. The number of rotatable bonds is 32. The number of carboxylic acids is 1. The van der Waals surface area contributed by atoms with Gasteiger partial charge in [0.15, 0.2) is 10.8 Å². The van der Waals surface area contributed by atoms with Crippen LogP contribution in [0, 0.1) is 29.1 Å². The van der Waals surface area contributed by atoms with Gasteiger partial charge in [0.05, 0.1) is 24.6 Å². The largest absolute Gasteiger partial charge is 0.476 e. The maximum Gasteiger partial charge on any atom is 0.410 e. The van der Waals surface area contributed by atoms with Crippen LogP contribution in [0.1, 0.15) is 154 Å². The summed E-state index contributed by atoms with van der Waals surface area (Å²) in [4.78, 5) is 144. The molecule has 538 valence electrons. The first-order valence-corrected chi connectivity index (χ1v) is 37.2. The number of hydrogen-bond acceptors (Lipinski definition) is 18. The summed E-state index contributed by atoms with van der Waals surface area (Å²) >= 11 is 1.29. The summed E-state index contributed by atoms with van der Waals surface area (Å²) in [6.45, 7) is 12.2. The molecule has 6 heterocycles. The van der Waals surface area contributed by atoms with E-state index in [2.05, 4.69) is 45.1 Å². The number of nitrogens with two attached hydrogens (primary N) is 1. The maximum absolute atomic E-state index is 14.0. The molecule has 4 fully saturated rings. The van der Waals surface area contributed by atoms with Crippen molar-refractivity contribution in [1.29, 1.82) is 0 Å². The van der Waals surface area contributed by atoms with Gasteiger partial charge in [-0.25, -0.2) is 24.5 Å². The van der Waals surface area contributed by atoms with Gasteiger partial charge < -0.3 is 55.9 Å². The van der Waals surface area contributed by atoms with Gasteiger partial charge >= 0.3 is 19.7 Å². The Hall–Kier alpha value is -8.79. The highest BCUT2D eigenvalue weighted by molar-refractivity contribution is 7.51. The van der Waals surface area contributed by atoms with Crippen LogP contribution in [0.15, 0.2) is 91.3 Å². The highest BCUT2D eigenvalue weighted by atomic mass is 32.1. The van der Waals surface area contributed by atoms with E-state index in [9.17, 15) is 57.8 Å². The SMILES string of the molecule is Cc1c(-c2ccc(N3CCc4cccc(C(=O)Nc5nc6cccnc6s5)c4C3)nc2C(=O)O)cnn1CC12CC3(C)CC(C)(C1)CC(OCCN(CCCP(=O)(O)O)C(=O)OCc1ccc(NC(=O)[C@H](CCCN)NC(=O)[C@@H](NC(=O)CCCCCN4C(=O)C=CC4=O)C(C)C)cc1)(C3)C2. The molecule has 4 bridgehead atoms. The fourth-order valence-corrected chi connectivity index (χ4v) is 18.0. The summed E-state index contributed by atoms with van der Waals surface area (Å²) in [6.07, 6.45) is 12.9. The molecule has 9 N–H and O–H groups in total. The zero-order valence-electron chi connectivity index (χ0n) is 57.7. The van der Waals surface area contributed by atoms with E-state index in [1.54, 1.807) is 68.7 Å². The molecule has 0 saturated heterocycles. The second-order valence-electron chi connectivity index (χ2n) is 29.0. The third kappa shape index (κ3) is 17.8. The summed E-state index contributed by atoms with van der Waals surface area (Å²) in [5.74, 6) is -3.46. The van der Waals surface area contributed by atoms with E-state index < -0.39 is 55.3 Å². The number of carbonyl (C=O) groups is 8. The Morgan fingerprint density at radius 2 is 1.57 bits per heavy atom. The minimum Gasteiger partial charge on any atom is -0.476 e. The summed E-state index contributed by atoms with van der Waals surface area (Å²) in [5.41, 5.74) is 10.6. The number of aromatic nitrogens is 5. The third-order valence-corrected chi connectivity index (χ3v) is 21.9. The minimum atomic E-state index is -4.40. The number of nitrogens with zero attached hydrogens (tertiary/aromatic N) is 8. The lowest BCUT2D eigenvalue weighted by atomic mass is 9.39. The number of unbranched alkanes of at least 4 members (excludes halogenated alkanes) is 2. The number of pyridine rings is 2. The molecule has 27 nitrogen and oxygen atoms in total. The van der Waals surface area contributed by atoms with E-state index in [1.807, 2.05) is 40.8 Å². The van der Waals surface area contributed by atoms with Crippen LogP contribution in [0.25, 0.3) is 21.5 Å². The molecule has 6 aliphatic rings. The van der Waals surface area contributed by atoms with Crippen molar-refractivity contribution in [3.8, 4) is 11.1 Å². The fourth-order valence-electron chi connectivity index (χ4n) is 16.6. The zero-order valence-corrected chi connectivity index (χ0v) is 59.4. The highest BCUT2D eigenvalue weighted by Crippen LogP contribution is 2.72. The Labute approximate surface area is 590 Å². The molecule has 2 aliphatic heterocycles. The number of carbonyl (C=O) groups excluding carboxylic acids is 7. The first-order chi connectivity index (χ1) is 48.1. The van der Waals surface area contributed by atoms with Crippen LogP contribution in [-0.2, 0) is 64.1 Å². The lowest BCUT2D eigenvalue weighted by Crippen LogP contribution is -2.64. The smallest absolute Gasteiger partial charge is 0.410 e. The molecule has 101 heavy (non-hydrogen) atoms. The lowest BCUT2D eigenvalue weighted by Gasteiger charge is -2.69. The van der Waals surface area contributed by atoms with Crippen LogP contribution in [0.2, 0.25) is 0 Å². The third-order valence-electron chi connectivity index (χ3n) is 20.1. The van der Waals surface area contributed by atoms with Crippen molar-refractivity contribution in [2.24, 2.45) is 27.9 Å². The number of anilines is 3. The van der Waals surface area contributed by atoms with Crippen molar-refractivity contribution in [2.75, 3.05) is 61.0 Å². The molecule has 6 aromatic rings. The quantitative estimate of drug-likeness (QED) is 0.0111. The lowest BCUT2D eigenvalue weighted by molar-refractivity contribution is -0.248. The topological polar surface area (TPSA) is 373 Å². The van der Waals surface area contributed by atoms with E-state index in [4.69, 9.17) is 25.3 Å². The predicted octanol–water partition coefficient (Wildman–Crippen LogP) is 8.90. The highest BCUT2D eigenvalue weighted by Gasteiger charge is 2.66. The van der Waals surface area contributed by atoms with Crippen molar-refractivity contribution in [2.45, 2.75) is 162 Å². The van der Waals surface area contributed by atoms with Gasteiger partial charge in [-0.05, 0) is 172 Å². The Morgan fingerprint density at radius 3 is 2.28 bits per heavy atom. The standard InChI is InChI=1S/C72H90N13O14PS/c1-45(2)60(80-57(86)17-7-6-8-30-84-58(87)24-25-59(84)88)64(91)77-54(15-10-27-73)63(90)76-49-20-18-47(19-21-49)37-98-68(94)82(29-12-34-100(95,96)97)32-33-99-72-41-69(4)38-70(5,42-72)40-71(39-69,43-72)44-85-46(3)52(35-75-85)50-22-23-56(79-61(50)66(92)93)83-31-26-48-13-9-14-51(53(48)36-83)62(89)81-67-78-55-16-11-28-74-65(55)101-67/h9,11,13-14,16,18-25,28,35,45,54,60H,6-8,10,12,15,17,26-27,29-34,36-44,73H2,1-5H3,(H,76,90)(H,77,91)(H,80,86)(H,92,93)(H,78,81,89)(H2,95,96,97)/t54-,60-,69?,70?,71?,72?/m0/s1. The average molecular weight is 1420 g/mol. The van der Waals surface area contributed by atoms with Crippen molar-refractivity contribution < 1.29 is 67.3 Å². The molecule has 2 aromatic carbocycles. The molecular formula is C72H90N13O14PS. The summed E-state index contributed by atoms with van der Waals surface area (Å²) in [5, 5.41) is 27.5. The van der Waals surface area contributed by atoms with E-state index in [1.165, 1.54) is 28.4 Å². The number of fused-ring (bicyclic) bond motifs is 2. The molecule has 7 amide bonds. The number of carboxylic acid groups (broad SMARTS) is 1. The molecule has 4 atom stereocenters. The molecule has 0 spiro atoms. The van der Waals surface area contributed by atoms with Gasteiger partial charge in [-0.1, -0.05) is 69.7 Å². The number of aromatic carboxylic acids is 1. The number of benzene rings is 2. The molecule has 4 saturated carbocycles. The number of nitrogens with one attached hydrogen (secondary N) is 4. The van der Waals surface area contributed by atoms with Gasteiger partial charge in [0, 0.05) is 92.1 Å². The second kappa shape index (κ2) is 30.8. The minimum absolute atomic E-state index is 0.00737. The van der Waals surface area contributed by atoms with Gasteiger partial charge in [0.1, 0.15) is 34.9 Å². The Morgan fingerprint density at radius 1 is 0.822 bits per heavy atom. The first kappa shape index (κ1) is 73.4. The van der Waals surface area contributed by atoms with Crippen LogP contribution in [0.5, 0.6) is 0 Å². The van der Waals surface area contributed by atoms with E-state index in [0.717, 1.165) is 60.2 Å². The van der Waals surface area contributed by atoms with Gasteiger partial charge in [0.2, 0.25) is 17.7 Å². The van der Waals surface area contributed by atoms with Crippen LogP contribution in [0.4, 0.5) is 21.4 Å². The fraction of sp³-hybridized carbons (Fsp3) is 0.500. The van der Waals surface area contributed by atoms with Crippen LogP contribution in [-0.4, -0.2) is 160 Å². The summed E-state index contributed by atoms with van der Waals surface area (Å²) in [6, 6.07) is 17.6. The maximum atomic E-state index is 14.0. The molecule has 29 heteroatoms. The van der Waals surface area contributed by atoms with E-state index in [0.29, 0.717) is 101 Å². The van der Waals surface area contributed by atoms with Gasteiger partial charge in [0.25, 0.3) is 17.7 Å². The van der Waals surface area contributed by atoms with Crippen LogP contribution < -0.4 is 31.9 Å². The zero-order chi connectivity index (χ0) is 72.0. The van der Waals surface area contributed by atoms with Gasteiger partial charge in [-0.3, -0.25) is 48.2 Å². The van der Waals surface area contributed by atoms with Crippen molar-refractivity contribution in [3.63, 3.8) is 0 Å². The molecule has 0 radical (unpaired) electrons. The van der Waals surface area contributed by atoms with Crippen molar-refractivity contribution >= 4 is 93.4 Å². The molecule has 2 unspecified atom stereocenters.